The minimum Gasteiger partial charge on any atom is -0.269 e. The van der Waals surface area contributed by atoms with Gasteiger partial charge in [-0.25, -0.2) is 0 Å². The third-order valence-electron chi connectivity index (χ3n) is 2.82. The zero-order chi connectivity index (χ0) is 14.3. The second-order valence-corrected chi connectivity index (χ2v) is 6.84. The van der Waals surface area contributed by atoms with Gasteiger partial charge >= 0.3 is 10.1 Å². The summed E-state index contributed by atoms with van der Waals surface area (Å²) in [6.07, 6.45) is 1.62. The quantitative estimate of drug-likeness (QED) is 0.681. The molecular weight excluding hydrogens is 300 g/mol. The Balaban J connectivity index is 2.28. The number of rotatable bonds is 3. The summed E-state index contributed by atoms with van der Waals surface area (Å²) in [6, 6.07) is 3.48. The molecule has 7 nitrogen and oxygen atoms in total. The summed E-state index contributed by atoms with van der Waals surface area (Å²) >= 11 is 1.07. The van der Waals surface area contributed by atoms with Gasteiger partial charge in [0, 0.05) is 6.20 Å². The zero-order valence-electron chi connectivity index (χ0n) is 10.6. The number of nitrogens with zero attached hydrogens (tertiary/aromatic N) is 4. The van der Waals surface area contributed by atoms with Crippen LogP contribution in [0.25, 0.3) is 17.0 Å². The lowest BCUT2D eigenvalue weighted by Crippen LogP contribution is -2.03. The predicted molar refractivity (Wildman–Crippen MR) is 73.0 cm³/mol. The van der Waals surface area contributed by atoms with E-state index in [1.807, 2.05) is 13.0 Å². The van der Waals surface area contributed by atoms with Gasteiger partial charge in [-0.1, -0.05) is 0 Å². The van der Waals surface area contributed by atoms with Gasteiger partial charge in [-0.05, 0) is 30.0 Å². The van der Waals surface area contributed by atoms with Crippen molar-refractivity contribution in [1.82, 2.24) is 19.8 Å². The maximum atomic E-state index is 11.9. The van der Waals surface area contributed by atoms with Crippen LogP contribution in [0.1, 0.15) is 5.56 Å². The predicted octanol–water partition coefficient (Wildman–Crippen LogP) is 1.50. The Bertz CT molecular complexity index is 882. The van der Waals surface area contributed by atoms with Crippen LogP contribution in [0.2, 0.25) is 0 Å². The van der Waals surface area contributed by atoms with Crippen molar-refractivity contribution in [1.29, 1.82) is 0 Å². The summed E-state index contributed by atoms with van der Waals surface area (Å²) in [7, 11) is -2.65. The van der Waals surface area contributed by atoms with Gasteiger partial charge in [0.15, 0.2) is 15.7 Å². The van der Waals surface area contributed by atoms with Gasteiger partial charge in [-0.2, -0.15) is 18.0 Å². The number of thiophene rings is 1. The second kappa shape index (κ2) is 4.62. The average molecular weight is 310 g/mol. The molecule has 20 heavy (non-hydrogen) atoms. The first-order valence-electron chi connectivity index (χ1n) is 5.60. The molecule has 0 saturated heterocycles. The molecule has 0 aromatic carbocycles. The highest BCUT2D eigenvalue weighted by molar-refractivity contribution is 7.89. The molecule has 3 heterocycles. The third-order valence-corrected chi connectivity index (χ3v) is 5.54. The van der Waals surface area contributed by atoms with E-state index in [1.54, 1.807) is 17.6 Å². The van der Waals surface area contributed by atoms with Crippen LogP contribution >= 0.6 is 11.3 Å². The molecule has 0 radical (unpaired) electrons. The largest absolute Gasteiger partial charge is 0.307 e. The number of aryl methyl sites for hydroxylation is 1. The smallest absolute Gasteiger partial charge is 0.269 e. The molecule has 0 aliphatic carbocycles. The van der Waals surface area contributed by atoms with Crippen LogP contribution in [-0.2, 0) is 14.3 Å². The first-order valence-corrected chi connectivity index (χ1v) is 7.89. The molecule has 0 amide bonds. The maximum absolute atomic E-state index is 11.9. The monoisotopic (exact) mass is 310 g/mol. The highest BCUT2D eigenvalue weighted by Crippen LogP contribution is 2.32. The van der Waals surface area contributed by atoms with Crippen LogP contribution < -0.4 is 0 Å². The Kier molecular flexibility index (Phi) is 3.04. The summed E-state index contributed by atoms with van der Waals surface area (Å²) in [6.45, 7) is 1.88. The molecule has 0 spiro atoms. The Hall–Kier alpha value is -1.84. The molecule has 0 saturated carbocycles. The molecule has 0 atom stereocenters. The molecule has 0 bridgehead atoms. The van der Waals surface area contributed by atoms with E-state index in [2.05, 4.69) is 19.5 Å². The topological polar surface area (TPSA) is 86.5 Å². The van der Waals surface area contributed by atoms with Crippen molar-refractivity contribution in [2.75, 3.05) is 7.11 Å². The summed E-state index contributed by atoms with van der Waals surface area (Å²) < 4.78 is 30.0. The van der Waals surface area contributed by atoms with Crippen molar-refractivity contribution in [3.63, 3.8) is 0 Å². The van der Waals surface area contributed by atoms with E-state index >= 15 is 0 Å². The van der Waals surface area contributed by atoms with Crippen LogP contribution in [0.4, 0.5) is 0 Å². The summed E-state index contributed by atoms with van der Waals surface area (Å²) in [4.78, 5) is 0. The van der Waals surface area contributed by atoms with E-state index in [0.717, 1.165) is 24.0 Å². The minimum atomic E-state index is -3.78. The highest BCUT2D eigenvalue weighted by atomic mass is 32.3. The van der Waals surface area contributed by atoms with Crippen molar-refractivity contribution in [2.24, 2.45) is 0 Å². The molecule has 3 aromatic rings. The lowest BCUT2D eigenvalue weighted by molar-refractivity contribution is 0.399. The SMILES string of the molecule is COS(=O)(=O)c1sccc1-c1nnc2c(C)ccnn12. The molecule has 104 valence electrons. The second-order valence-electron chi connectivity index (χ2n) is 4.02. The Morgan fingerprint density at radius 1 is 1.30 bits per heavy atom. The molecular formula is C11H10N4O3S2. The van der Waals surface area contributed by atoms with E-state index in [0.29, 0.717) is 17.0 Å². The van der Waals surface area contributed by atoms with Gasteiger partial charge < -0.3 is 0 Å². The summed E-state index contributed by atoms with van der Waals surface area (Å²) in [5.74, 6) is 0.376. The molecule has 3 aromatic heterocycles. The van der Waals surface area contributed by atoms with Gasteiger partial charge in [0.2, 0.25) is 0 Å². The fraction of sp³-hybridized carbons (Fsp3) is 0.182. The van der Waals surface area contributed by atoms with E-state index in [1.165, 1.54) is 4.52 Å². The molecule has 9 heteroatoms. The van der Waals surface area contributed by atoms with Crippen LogP contribution in [-0.4, -0.2) is 35.3 Å². The summed E-state index contributed by atoms with van der Waals surface area (Å²) in [5.41, 5.74) is 1.93. The van der Waals surface area contributed by atoms with Crippen molar-refractivity contribution in [3.8, 4) is 11.4 Å². The Labute approximate surface area is 119 Å². The third kappa shape index (κ3) is 1.90. The summed E-state index contributed by atoms with van der Waals surface area (Å²) in [5, 5.41) is 13.9. The standard InChI is InChI=1S/C11H10N4O3S2/c1-7-3-5-12-15-9(7)13-14-10(15)8-4-6-19-11(8)20(16,17)18-2/h3-6H,1-2H3. The van der Waals surface area contributed by atoms with Crippen molar-refractivity contribution in [2.45, 2.75) is 11.1 Å². The van der Waals surface area contributed by atoms with Gasteiger partial charge in [-0.3, -0.25) is 4.18 Å². The van der Waals surface area contributed by atoms with E-state index in [9.17, 15) is 8.42 Å². The molecule has 0 aliphatic rings. The number of hydrogen-bond donors (Lipinski definition) is 0. The molecule has 0 N–H and O–H groups in total. The lowest BCUT2D eigenvalue weighted by atomic mass is 10.3. The van der Waals surface area contributed by atoms with Crippen molar-refractivity contribution >= 4 is 27.1 Å². The van der Waals surface area contributed by atoms with Gasteiger partial charge in [0.05, 0.1) is 12.7 Å². The maximum Gasteiger partial charge on any atom is 0.307 e. The normalized spacial score (nSPS) is 12.1. The van der Waals surface area contributed by atoms with Gasteiger partial charge in [-0.15, -0.1) is 21.5 Å². The Morgan fingerprint density at radius 3 is 2.85 bits per heavy atom. The van der Waals surface area contributed by atoms with Gasteiger partial charge in [0.25, 0.3) is 0 Å². The average Bonchev–Trinajstić information content (AvgIpc) is 3.05. The minimum absolute atomic E-state index is 0.0950. The van der Waals surface area contributed by atoms with E-state index in [4.69, 9.17) is 0 Å². The number of aromatic nitrogens is 4. The first kappa shape index (κ1) is 13.2. The van der Waals surface area contributed by atoms with E-state index in [-0.39, 0.29) is 4.21 Å². The molecule has 3 rings (SSSR count). The van der Waals surface area contributed by atoms with Crippen molar-refractivity contribution < 1.29 is 12.6 Å². The van der Waals surface area contributed by atoms with Crippen LogP contribution in [0.3, 0.4) is 0 Å². The fourth-order valence-electron chi connectivity index (χ4n) is 1.82. The van der Waals surface area contributed by atoms with Crippen LogP contribution in [0.5, 0.6) is 0 Å². The lowest BCUT2D eigenvalue weighted by Gasteiger charge is -2.02. The fourth-order valence-corrected chi connectivity index (χ4v) is 3.86. The van der Waals surface area contributed by atoms with Crippen molar-refractivity contribution in [3.05, 3.63) is 29.3 Å². The number of fused-ring (bicyclic) bond motifs is 1. The molecule has 0 fully saturated rings. The zero-order valence-corrected chi connectivity index (χ0v) is 12.3. The highest BCUT2D eigenvalue weighted by Gasteiger charge is 2.24. The molecule has 0 aliphatic heterocycles. The Morgan fingerprint density at radius 2 is 2.10 bits per heavy atom. The number of hydrogen-bond acceptors (Lipinski definition) is 7. The van der Waals surface area contributed by atoms with E-state index < -0.39 is 10.1 Å². The van der Waals surface area contributed by atoms with Gasteiger partial charge in [0.1, 0.15) is 0 Å². The van der Waals surface area contributed by atoms with Crippen LogP contribution in [0, 0.1) is 6.92 Å². The first-order chi connectivity index (χ1) is 9.54. The van der Waals surface area contributed by atoms with Crippen LogP contribution in [0.15, 0.2) is 27.9 Å². The molecule has 0 unspecified atom stereocenters.